The second-order valence-corrected chi connectivity index (χ2v) is 3.73. The lowest BCUT2D eigenvalue weighted by Crippen LogP contribution is -2.37. The van der Waals surface area contributed by atoms with Crippen LogP contribution in [0.3, 0.4) is 0 Å². The molecule has 0 aliphatic rings. The van der Waals surface area contributed by atoms with E-state index < -0.39 is 5.54 Å². The molecule has 0 spiro atoms. The zero-order chi connectivity index (χ0) is 10.8. The van der Waals surface area contributed by atoms with Crippen molar-refractivity contribution in [2.75, 3.05) is 6.61 Å². The smallest absolute Gasteiger partial charge is 0.119 e. The molecule has 1 atom stereocenters. The number of aliphatic hydroxyl groups is 1. The number of rotatable bonds is 3. The Morgan fingerprint density at radius 3 is 2.57 bits per heavy atom. The van der Waals surface area contributed by atoms with Gasteiger partial charge in [-0.05, 0) is 30.5 Å². The van der Waals surface area contributed by atoms with Gasteiger partial charge in [0.1, 0.15) is 5.75 Å². The Balaban J connectivity index is 3.27. The summed E-state index contributed by atoms with van der Waals surface area (Å²) in [5.41, 5.74) is 6.75. The van der Waals surface area contributed by atoms with E-state index in [0.29, 0.717) is 6.42 Å². The van der Waals surface area contributed by atoms with Gasteiger partial charge >= 0.3 is 0 Å². The molecular weight excluding hydrogens is 178 g/mol. The third-order valence-electron chi connectivity index (χ3n) is 2.45. The van der Waals surface area contributed by atoms with E-state index in [4.69, 9.17) is 10.8 Å². The summed E-state index contributed by atoms with van der Waals surface area (Å²) in [6.07, 6.45) is 0.703. The van der Waals surface area contributed by atoms with E-state index in [2.05, 4.69) is 0 Å². The molecule has 0 bridgehead atoms. The molecule has 0 aliphatic carbocycles. The van der Waals surface area contributed by atoms with Crippen LogP contribution in [0, 0.1) is 0 Å². The number of aliphatic hydroxyl groups excluding tert-OH is 1. The van der Waals surface area contributed by atoms with Crippen LogP contribution in [0.4, 0.5) is 0 Å². The zero-order valence-corrected chi connectivity index (χ0v) is 8.62. The van der Waals surface area contributed by atoms with Crippen LogP contribution in [0.15, 0.2) is 18.2 Å². The number of hydrogen-bond acceptors (Lipinski definition) is 3. The summed E-state index contributed by atoms with van der Waals surface area (Å²) in [5, 5.41) is 18.8. The molecule has 0 aromatic heterocycles. The van der Waals surface area contributed by atoms with E-state index in [-0.39, 0.29) is 12.4 Å². The number of phenolic OH excluding ortho intramolecular Hbond substituents is 1. The second-order valence-electron chi connectivity index (χ2n) is 3.73. The third kappa shape index (κ3) is 1.89. The number of hydrogen-bond donors (Lipinski definition) is 3. The summed E-state index contributed by atoms with van der Waals surface area (Å²) >= 11 is 0. The zero-order valence-electron chi connectivity index (χ0n) is 8.62. The molecule has 1 rings (SSSR count). The maximum atomic E-state index is 9.61. The van der Waals surface area contributed by atoms with Gasteiger partial charge in [-0.15, -0.1) is 0 Å². The molecule has 0 fully saturated rings. The van der Waals surface area contributed by atoms with Gasteiger partial charge in [-0.25, -0.2) is 0 Å². The molecule has 0 heterocycles. The third-order valence-corrected chi connectivity index (χ3v) is 2.45. The Morgan fingerprint density at radius 1 is 1.43 bits per heavy atom. The van der Waals surface area contributed by atoms with Crippen LogP contribution in [0.25, 0.3) is 0 Å². The number of aromatic hydroxyl groups is 1. The fourth-order valence-electron chi connectivity index (χ4n) is 1.57. The van der Waals surface area contributed by atoms with Crippen molar-refractivity contribution in [3.05, 3.63) is 29.3 Å². The van der Waals surface area contributed by atoms with Gasteiger partial charge in [0, 0.05) is 0 Å². The molecule has 0 saturated heterocycles. The van der Waals surface area contributed by atoms with Crippen molar-refractivity contribution in [1.82, 2.24) is 0 Å². The fraction of sp³-hybridized carbons (Fsp3) is 0.455. The highest BCUT2D eigenvalue weighted by atomic mass is 16.3. The lowest BCUT2D eigenvalue weighted by Gasteiger charge is -2.25. The molecule has 1 aromatic carbocycles. The van der Waals surface area contributed by atoms with Gasteiger partial charge in [0.15, 0.2) is 0 Å². The van der Waals surface area contributed by atoms with E-state index in [1.54, 1.807) is 19.1 Å². The van der Waals surface area contributed by atoms with Crippen molar-refractivity contribution in [3.8, 4) is 5.75 Å². The predicted molar refractivity (Wildman–Crippen MR) is 56.1 cm³/mol. The van der Waals surface area contributed by atoms with Crippen molar-refractivity contribution in [2.24, 2.45) is 5.73 Å². The summed E-state index contributed by atoms with van der Waals surface area (Å²) < 4.78 is 0. The molecule has 4 N–H and O–H groups in total. The first kappa shape index (κ1) is 11.0. The lowest BCUT2D eigenvalue weighted by atomic mass is 9.88. The molecule has 3 heteroatoms. The van der Waals surface area contributed by atoms with Gasteiger partial charge in [-0.1, -0.05) is 19.1 Å². The van der Waals surface area contributed by atoms with Crippen LogP contribution >= 0.6 is 0 Å². The van der Waals surface area contributed by atoms with Crippen LogP contribution in [-0.4, -0.2) is 16.8 Å². The standard InChI is InChI=1S/C11H17NO2/c1-3-8-9(11(2,12)7-13)5-4-6-10(8)14/h4-6,13-14H,3,7,12H2,1-2H3/t11-/m0/s1. The summed E-state index contributed by atoms with van der Waals surface area (Å²) in [6.45, 7) is 3.57. The van der Waals surface area contributed by atoms with Gasteiger partial charge in [-0.3, -0.25) is 0 Å². The second kappa shape index (κ2) is 3.98. The molecule has 0 saturated carbocycles. The largest absolute Gasteiger partial charge is 0.508 e. The molecule has 0 unspecified atom stereocenters. The highest BCUT2D eigenvalue weighted by Gasteiger charge is 2.23. The van der Waals surface area contributed by atoms with Gasteiger partial charge in [-0.2, -0.15) is 0 Å². The molecule has 3 nitrogen and oxygen atoms in total. The van der Waals surface area contributed by atoms with E-state index in [1.807, 2.05) is 13.0 Å². The van der Waals surface area contributed by atoms with E-state index in [1.165, 1.54) is 0 Å². The number of phenols is 1. The van der Waals surface area contributed by atoms with Crippen LogP contribution in [0.5, 0.6) is 5.75 Å². The predicted octanol–water partition coefficient (Wildman–Crippen LogP) is 1.12. The number of benzene rings is 1. The fourth-order valence-corrected chi connectivity index (χ4v) is 1.57. The average molecular weight is 195 g/mol. The van der Waals surface area contributed by atoms with Gasteiger partial charge < -0.3 is 15.9 Å². The topological polar surface area (TPSA) is 66.5 Å². The molecule has 0 amide bonds. The van der Waals surface area contributed by atoms with Crippen molar-refractivity contribution in [3.63, 3.8) is 0 Å². The summed E-state index contributed by atoms with van der Waals surface area (Å²) in [6, 6.07) is 5.22. The van der Waals surface area contributed by atoms with Gasteiger partial charge in [0.05, 0.1) is 12.1 Å². The Kier molecular flexibility index (Phi) is 3.13. The molecule has 0 radical (unpaired) electrons. The molecular formula is C11H17NO2. The molecule has 1 aromatic rings. The van der Waals surface area contributed by atoms with Crippen LogP contribution in [0.1, 0.15) is 25.0 Å². The van der Waals surface area contributed by atoms with Crippen LogP contribution in [0.2, 0.25) is 0 Å². The lowest BCUT2D eigenvalue weighted by molar-refractivity contribution is 0.209. The first-order chi connectivity index (χ1) is 6.53. The molecule has 78 valence electrons. The highest BCUT2D eigenvalue weighted by molar-refractivity contribution is 5.42. The summed E-state index contributed by atoms with van der Waals surface area (Å²) in [7, 11) is 0. The van der Waals surface area contributed by atoms with Crippen molar-refractivity contribution in [1.29, 1.82) is 0 Å². The van der Waals surface area contributed by atoms with E-state index in [0.717, 1.165) is 11.1 Å². The summed E-state index contributed by atoms with van der Waals surface area (Å²) in [4.78, 5) is 0. The molecule has 0 aliphatic heterocycles. The van der Waals surface area contributed by atoms with E-state index in [9.17, 15) is 5.11 Å². The maximum absolute atomic E-state index is 9.61. The minimum Gasteiger partial charge on any atom is -0.508 e. The SMILES string of the molecule is CCc1c(O)cccc1[C@@](C)(N)CO. The summed E-state index contributed by atoms with van der Waals surface area (Å²) in [5.74, 6) is 0.245. The van der Waals surface area contributed by atoms with Crippen molar-refractivity contribution < 1.29 is 10.2 Å². The first-order valence-electron chi connectivity index (χ1n) is 4.74. The quantitative estimate of drug-likeness (QED) is 0.677. The van der Waals surface area contributed by atoms with Gasteiger partial charge in [0.25, 0.3) is 0 Å². The van der Waals surface area contributed by atoms with Crippen LogP contribution < -0.4 is 5.73 Å². The van der Waals surface area contributed by atoms with Crippen LogP contribution in [-0.2, 0) is 12.0 Å². The monoisotopic (exact) mass is 195 g/mol. The highest BCUT2D eigenvalue weighted by Crippen LogP contribution is 2.28. The maximum Gasteiger partial charge on any atom is 0.119 e. The van der Waals surface area contributed by atoms with Crippen molar-refractivity contribution in [2.45, 2.75) is 25.8 Å². The Labute approximate surface area is 84.2 Å². The van der Waals surface area contributed by atoms with Crippen molar-refractivity contribution >= 4 is 0 Å². The first-order valence-corrected chi connectivity index (χ1v) is 4.74. The number of nitrogens with two attached hydrogens (primary N) is 1. The minimum absolute atomic E-state index is 0.135. The van der Waals surface area contributed by atoms with Gasteiger partial charge in [0.2, 0.25) is 0 Å². The average Bonchev–Trinajstić information content (AvgIpc) is 2.17. The Hall–Kier alpha value is -1.06. The normalized spacial score (nSPS) is 15.1. The molecule has 14 heavy (non-hydrogen) atoms. The Bertz CT molecular complexity index is 321. The minimum atomic E-state index is -0.788. The van der Waals surface area contributed by atoms with E-state index >= 15 is 0 Å². The Morgan fingerprint density at radius 2 is 2.07 bits per heavy atom.